The molecule has 2 N–H and O–H groups in total. The van der Waals surface area contributed by atoms with Crippen molar-refractivity contribution in [3.63, 3.8) is 0 Å². The molecule has 0 saturated carbocycles. The lowest BCUT2D eigenvalue weighted by molar-refractivity contribution is -0.116. The Labute approximate surface area is 215 Å². The number of aryl methyl sites for hydroxylation is 1. The monoisotopic (exact) mass is 511 g/mol. The summed E-state index contributed by atoms with van der Waals surface area (Å²) < 4.78 is 5.05. The van der Waals surface area contributed by atoms with E-state index < -0.39 is 0 Å². The van der Waals surface area contributed by atoms with Gasteiger partial charge in [0.25, 0.3) is 17.7 Å². The van der Waals surface area contributed by atoms with E-state index in [0.29, 0.717) is 67.1 Å². The number of ether oxygens (including phenoxy) is 1. The van der Waals surface area contributed by atoms with E-state index >= 15 is 0 Å². The summed E-state index contributed by atoms with van der Waals surface area (Å²) >= 11 is 1.52. The number of thiophene rings is 1. The standard InChI is InChI=1S/C27H33N3O5S/c1-35-17-9-15-28-24(32)23-20-12-6-7-13-21(20)36-25(23)29-22(31)14-3-2-8-16-30-26(33)18-10-4-5-11-19(18)27(30)34/h4-5,10-11H,2-3,6-9,12-17H2,1H3,(H,28,32)(H,29,31). The van der Waals surface area contributed by atoms with Crippen molar-refractivity contribution in [2.75, 3.05) is 32.1 Å². The Morgan fingerprint density at radius 2 is 1.72 bits per heavy atom. The van der Waals surface area contributed by atoms with Gasteiger partial charge in [0, 0.05) is 38.1 Å². The van der Waals surface area contributed by atoms with E-state index in [1.54, 1.807) is 31.4 Å². The molecule has 0 bridgehead atoms. The number of methoxy groups -OCH3 is 1. The van der Waals surface area contributed by atoms with E-state index in [4.69, 9.17) is 4.74 Å². The van der Waals surface area contributed by atoms with Crippen molar-refractivity contribution in [2.24, 2.45) is 0 Å². The van der Waals surface area contributed by atoms with Crippen LogP contribution in [0.25, 0.3) is 0 Å². The predicted molar refractivity (Wildman–Crippen MR) is 139 cm³/mol. The van der Waals surface area contributed by atoms with Crippen LogP contribution >= 0.6 is 11.3 Å². The second kappa shape index (κ2) is 12.3. The van der Waals surface area contributed by atoms with Gasteiger partial charge in [-0.15, -0.1) is 11.3 Å². The molecule has 1 aliphatic heterocycles. The Bertz CT molecular complexity index is 1110. The average Bonchev–Trinajstić information content (AvgIpc) is 3.36. The summed E-state index contributed by atoms with van der Waals surface area (Å²) in [7, 11) is 1.63. The van der Waals surface area contributed by atoms with E-state index in [0.717, 1.165) is 37.7 Å². The van der Waals surface area contributed by atoms with Gasteiger partial charge in [-0.1, -0.05) is 18.6 Å². The van der Waals surface area contributed by atoms with Gasteiger partial charge < -0.3 is 15.4 Å². The van der Waals surface area contributed by atoms with Crippen LogP contribution in [0.2, 0.25) is 0 Å². The summed E-state index contributed by atoms with van der Waals surface area (Å²) in [4.78, 5) is 53.0. The van der Waals surface area contributed by atoms with E-state index in [1.807, 2.05) is 0 Å². The smallest absolute Gasteiger partial charge is 0.261 e. The Hall–Kier alpha value is -3.04. The molecular formula is C27H33N3O5S. The van der Waals surface area contributed by atoms with Crippen LogP contribution in [0.15, 0.2) is 24.3 Å². The Morgan fingerprint density at radius 1 is 1.00 bits per heavy atom. The number of hydrogen-bond acceptors (Lipinski definition) is 6. The van der Waals surface area contributed by atoms with Crippen LogP contribution in [-0.2, 0) is 22.4 Å². The fraction of sp³-hybridized carbons (Fsp3) is 0.481. The number of rotatable bonds is 12. The highest BCUT2D eigenvalue weighted by Gasteiger charge is 2.34. The van der Waals surface area contributed by atoms with Gasteiger partial charge in [-0.05, 0) is 62.6 Å². The van der Waals surface area contributed by atoms with Crippen LogP contribution in [0, 0.1) is 0 Å². The van der Waals surface area contributed by atoms with E-state index in [9.17, 15) is 19.2 Å². The van der Waals surface area contributed by atoms with Gasteiger partial charge >= 0.3 is 0 Å². The SMILES string of the molecule is COCCCNC(=O)c1c(NC(=O)CCCCCN2C(=O)c3ccccc3C2=O)sc2c1CCCC2. The zero-order valence-electron chi connectivity index (χ0n) is 20.7. The molecule has 0 saturated heterocycles. The van der Waals surface area contributed by atoms with Crippen molar-refractivity contribution in [1.82, 2.24) is 10.2 Å². The molecule has 2 aromatic rings. The molecule has 2 heterocycles. The van der Waals surface area contributed by atoms with Gasteiger partial charge in [-0.3, -0.25) is 24.1 Å². The minimum Gasteiger partial charge on any atom is -0.385 e. The van der Waals surface area contributed by atoms with Gasteiger partial charge in [0.05, 0.1) is 16.7 Å². The summed E-state index contributed by atoms with van der Waals surface area (Å²) in [5.74, 6) is -0.754. The lowest BCUT2D eigenvalue weighted by Crippen LogP contribution is -2.30. The number of carbonyl (C=O) groups is 4. The number of nitrogens with zero attached hydrogens (tertiary/aromatic N) is 1. The second-order valence-corrected chi connectivity index (χ2v) is 10.3. The van der Waals surface area contributed by atoms with Gasteiger partial charge in [0.15, 0.2) is 0 Å². The summed E-state index contributed by atoms with van der Waals surface area (Å²) in [6.07, 6.45) is 7.00. The van der Waals surface area contributed by atoms with Crippen LogP contribution in [0.4, 0.5) is 5.00 Å². The first kappa shape index (κ1) is 26.0. The Balaban J connectivity index is 1.26. The highest BCUT2D eigenvalue weighted by atomic mass is 32.1. The van der Waals surface area contributed by atoms with Crippen molar-refractivity contribution in [3.8, 4) is 0 Å². The number of imide groups is 1. The maximum absolute atomic E-state index is 12.9. The molecule has 1 aromatic heterocycles. The number of hydrogen-bond donors (Lipinski definition) is 2. The predicted octanol–water partition coefficient (Wildman–Crippen LogP) is 4.19. The largest absolute Gasteiger partial charge is 0.385 e. The molecule has 2 aliphatic rings. The first-order chi connectivity index (χ1) is 17.5. The molecule has 0 spiro atoms. The first-order valence-electron chi connectivity index (χ1n) is 12.7. The molecule has 1 aromatic carbocycles. The molecule has 0 unspecified atom stereocenters. The topological polar surface area (TPSA) is 105 Å². The molecule has 9 heteroatoms. The van der Waals surface area contributed by atoms with Crippen molar-refractivity contribution >= 4 is 40.0 Å². The van der Waals surface area contributed by atoms with Crippen LogP contribution in [-0.4, -0.2) is 55.3 Å². The average molecular weight is 512 g/mol. The fourth-order valence-corrected chi connectivity index (χ4v) is 6.07. The fourth-order valence-electron chi connectivity index (χ4n) is 4.76. The summed E-state index contributed by atoms with van der Waals surface area (Å²) in [6, 6.07) is 6.87. The molecular weight excluding hydrogens is 478 g/mol. The highest BCUT2D eigenvalue weighted by Crippen LogP contribution is 2.38. The normalized spacial score (nSPS) is 14.5. The van der Waals surface area contributed by atoms with Gasteiger partial charge in [-0.25, -0.2) is 0 Å². The molecule has 0 atom stereocenters. The van der Waals surface area contributed by atoms with E-state index in [-0.39, 0.29) is 23.6 Å². The number of anilines is 1. The van der Waals surface area contributed by atoms with Crippen LogP contribution < -0.4 is 10.6 Å². The number of fused-ring (bicyclic) bond motifs is 2. The third kappa shape index (κ3) is 5.84. The Morgan fingerprint density at radius 3 is 2.44 bits per heavy atom. The van der Waals surface area contributed by atoms with Crippen molar-refractivity contribution < 1.29 is 23.9 Å². The van der Waals surface area contributed by atoms with Crippen molar-refractivity contribution in [2.45, 2.75) is 57.8 Å². The molecule has 1 aliphatic carbocycles. The quantitative estimate of drug-likeness (QED) is 0.328. The maximum atomic E-state index is 12.9. The summed E-state index contributed by atoms with van der Waals surface area (Å²) in [6.45, 7) is 1.45. The zero-order valence-corrected chi connectivity index (χ0v) is 21.5. The van der Waals surface area contributed by atoms with Gasteiger partial charge in [0.1, 0.15) is 5.00 Å². The number of nitrogens with one attached hydrogen (secondary N) is 2. The summed E-state index contributed by atoms with van der Waals surface area (Å²) in [5.41, 5.74) is 2.61. The number of benzene rings is 1. The number of carbonyl (C=O) groups excluding carboxylic acids is 4. The lowest BCUT2D eigenvalue weighted by atomic mass is 9.95. The second-order valence-electron chi connectivity index (χ2n) is 9.18. The van der Waals surface area contributed by atoms with Crippen LogP contribution in [0.1, 0.15) is 86.5 Å². The van der Waals surface area contributed by atoms with Crippen molar-refractivity contribution in [1.29, 1.82) is 0 Å². The number of unbranched alkanes of at least 4 members (excludes halogenated alkanes) is 2. The van der Waals surface area contributed by atoms with Crippen LogP contribution in [0.3, 0.4) is 0 Å². The van der Waals surface area contributed by atoms with Crippen LogP contribution in [0.5, 0.6) is 0 Å². The molecule has 8 nitrogen and oxygen atoms in total. The molecule has 0 radical (unpaired) electrons. The minimum atomic E-state index is -0.247. The van der Waals surface area contributed by atoms with Crippen molar-refractivity contribution in [3.05, 3.63) is 51.4 Å². The summed E-state index contributed by atoms with van der Waals surface area (Å²) in [5, 5.41) is 6.59. The first-order valence-corrected chi connectivity index (χ1v) is 13.5. The molecule has 4 amide bonds. The van der Waals surface area contributed by atoms with E-state index in [1.165, 1.54) is 21.1 Å². The lowest BCUT2D eigenvalue weighted by Gasteiger charge is -2.14. The minimum absolute atomic E-state index is 0.122. The highest BCUT2D eigenvalue weighted by molar-refractivity contribution is 7.17. The maximum Gasteiger partial charge on any atom is 0.261 e. The van der Waals surface area contributed by atoms with Gasteiger partial charge in [0.2, 0.25) is 5.91 Å². The molecule has 0 fully saturated rings. The van der Waals surface area contributed by atoms with Gasteiger partial charge in [-0.2, -0.15) is 0 Å². The third-order valence-electron chi connectivity index (χ3n) is 6.63. The molecule has 4 rings (SSSR count). The number of amides is 4. The Kier molecular flexibility index (Phi) is 8.88. The third-order valence-corrected chi connectivity index (χ3v) is 7.83. The molecule has 36 heavy (non-hydrogen) atoms. The van der Waals surface area contributed by atoms with E-state index in [2.05, 4.69) is 10.6 Å². The zero-order chi connectivity index (χ0) is 25.5. The molecule has 192 valence electrons.